The summed E-state index contributed by atoms with van der Waals surface area (Å²) in [6, 6.07) is 7.86. The molecule has 3 atom stereocenters. The molecular weight excluding hydrogens is 316 g/mol. The van der Waals surface area contributed by atoms with Crippen LogP contribution in [0.4, 0.5) is 5.69 Å². The molecule has 1 aromatic rings. The maximum atomic E-state index is 12.9. The molecule has 0 bridgehead atoms. The second kappa shape index (κ2) is 7.89. The Kier molecular flexibility index (Phi) is 5.61. The molecular formula is C20H28N2O3. The monoisotopic (exact) mass is 344 g/mol. The summed E-state index contributed by atoms with van der Waals surface area (Å²) in [5, 5.41) is 3.33. The summed E-state index contributed by atoms with van der Waals surface area (Å²) in [5.74, 6) is 0.242. The van der Waals surface area contributed by atoms with Gasteiger partial charge in [-0.3, -0.25) is 4.79 Å². The van der Waals surface area contributed by atoms with Gasteiger partial charge in [-0.2, -0.15) is 0 Å². The Bertz CT molecular complexity index is 631. The summed E-state index contributed by atoms with van der Waals surface area (Å²) < 4.78 is 4.96. The number of esters is 1. The Labute approximate surface area is 149 Å². The fourth-order valence-electron chi connectivity index (χ4n) is 4.37. The van der Waals surface area contributed by atoms with Gasteiger partial charge < -0.3 is 15.0 Å². The number of fused-ring (bicyclic) bond motifs is 1. The summed E-state index contributed by atoms with van der Waals surface area (Å²) in [5.41, 5.74) is 2.22. The molecule has 0 unspecified atom stereocenters. The Balaban J connectivity index is 1.63. The number of aryl methyl sites for hydroxylation is 1. The quantitative estimate of drug-likeness (QED) is 0.834. The van der Waals surface area contributed by atoms with Crippen LogP contribution in [-0.4, -0.2) is 42.5 Å². The van der Waals surface area contributed by atoms with E-state index < -0.39 is 6.04 Å². The largest absolute Gasteiger partial charge is 0.467 e. The molecule has 1 aliphatic carbocycles. The minimum Gasteiger partial charge on any atom is -0.467 e. The molecule has 5 heteroatoms. The van der Waals surface area contributed by atoms with Gasteiger partial charge >= 0.3 is 5.97 Å². The molecule has 0 aromatic heterocycles. The smallest absolute Gasteiger partial charge is 0.328 e. The number of carbonyl (C=O) groups is 2. The van der Waals surface area contributed by atoms with Gasteiger partial charge in [0.2, 0.25) is 5.91 Å². The van der Waals surface area contributed by atoms with Crippen molar-refractivity contribution in [2.75, 3.05) is 19.0 Å². The van der Waals surface area contributed by atoms with Crippen molar-refractivity contribution in [3.63, 3.8) is 0 Å². The number of methoxy groups -OCH3 is 1. The number of benzene rings is 1. The van der Waals surface area contributed by atoms with Crippen LogP contribution >= 0.6 is 0 Å². The van der Waals surface area contributed by atoms with Crippen LogP contribution in [0.3, 0.4) is 0 Å². The molecule has 136 valence electrons. The first-order chi connectivity index (χ1) is 12.1. The van der Waals surface area contributed by atoms with E-state index in [1.54, 1.807) is 0 Å². The number of hydrogen-bond acceptors (Lipinski definition) is 4. The summed E-state index contributed by atoms with van der Waals surface area (Å²) in [4.78, 5) is 26.9. The van der Waals surface area contributed by atoms with E-state index in [1.165, 1.54) is 13.5 Å². The Morgan fingerprint density at radius 3 is 2.76 bits per heavy atom. The van der Waals surface area contributed by atoms with Gasteiger partial charge in [-0.1, -0.05) is 31.0 Å². The summed E-state index contributed by atoms with van der Waals surface area (Å²) in [6.07, 6.45) is 5.62. The third-order valence-corrected chi connectivity index (χ3v) is 5.65. The highest BCUT2D eigenvalue weighted by Crippen LogP contribution is 2.40. The van der Waals surface area contributed by atoms with E-state index in [2.05, 4.69) is 5.32 Å². The van der Waals surface area contributed by atoms with Crippen molar-refractivity contribution in [2.24, 2.45) is 5.92 Å². The van der Waals surface area contributed by atoms with Gasteiger partial charge in [0.25, 0.3) is 0 Å². The van der Waals surface area contributed by atoms with Gasteiger partial charge in [-0.05, 0) is 43.7 Å². The van der Waals surface area contributed by atoms with Crippen LogP contribution in [0.5, 0.6) is 0 Å². The van der Waals surface area contributed by atoms with Gasteiger partial charge in [0.05, 0.1) is 7.11 Å². The zero-order valence-corrected chi connectivity index (χ0v) is 15.2. The molecule has 25 heavy (non-hydrogen) atoms. The highest BCUT2D eigenvalue weighted by atomic mass is 16.5. The van der Waals surface area contributed by atoms with E-state index in [0.717, 1.165) is 36.9 Å². The number of nitrogens with zero attached hydrogens (tertiary/aromatic N) is 1. The van der Waals surface area contributed by atoms with Crippen LogP contribution in [0.1, 0.15) is 44.1 Å². The number of hydrogen-bond donors (Lipinski definition) is 1. The zero-order valence-electron chi connectivity index (χ0n) is 15.2. The number of amides is 1. The van der Waals surface area contributed by atoms with Crippen molar-refractivity contribution in [3.05, 3.63) is 29.8 Å². The number of rotatable bonds is 5. The first-order valence-electron chi connectivity index (χ1n) is 9.30. The van der Waals surface area contributed by atoms with E-state index >= 15 is 0 Å². The van der Waals surface area contributed by atoms with Crippen molar-refractivity contribution >= 4 is 17.6 Å². The van der Waals surface area contributed by atoms with Crippen molar-refractivity contribution in [1.29, 1.82) is 0 Å². The SMILES string of the molecule is COC(=O)[C@@H]1C[C@H]2CCCC[C@@H]2N1C(=O)CCNc1ccccc1C. The molecule has 1 aromatic carbocycles. The molecule has 1 heterocycles. The maximum absolute atomic E-state index is 12.9. The number of ether oxygens (including phenoxy) is 1. The molecule has 1 N–H and O–H groups in total. The molecule has 1 saturated carbocycles. The van der Waals surface area contributed by atoms with E-state index in [-0.39, 0.29) is 17.9 Å². The highest BCUT2D eigenvalue weighted by Gasteiger charge is 2.47. The predicted molar refractivity (Wildman–Crippen MR) is 97.3 cm³/mol. The van der Waals surface area contributed by atoms with Crippen LogP contribution in [-0.2, 0) is 14.3 Å². The molecule has 5 nitrogen and oxygen atoms in total. The van der Waals surface area contributed by atoms with Crippen LogP contribution in [0, 0.1) is 12.8 Å². The van der Waals surface area contributed by atoms with Gasteiger partial charge in [0.1, 0.15) is 6.04 Å². The lowest BCUT2D eigenvalue weighted by molar-refractivity contribution is -0.152. The minimum absolute atomic E-state index is 0.0610. The number of para-hydroxylation sites is 1. The topological polar surface area (TPSA) is 58.6 Å². The van der Waals surface area contributed by atoms with Gasteiger partial charge in [0, 0.05) is 24.7 Å². The number of likely N-dealkylation sites (tertiary alicyclic amines) is 1. The average molecular weight is 344 g/mol. The number of carbonyl (C=O) groups excluding carboxylic acids is 2. The summed E-state index contributed by atoms with van der Waals surface area (Å²) >= 11 is 0. The van der Waals surface area contributed by atoms with E-state index in [0.29, 0.717) is 18.9 Å². The summed E-state index contributed by atoms with van der Waals surface area (Å²) in [7, 11) is 1.41. The molecule has 1 amide bonds. The third-order valence-electron chi connectivity index (χ3n) is 5.65. The molecule has 3 rings (SSSR count). The van der Waals surface area contributed by atoms with Gasteiger partial charge in [0.15, 0.2) is 0 Å². The minimum atomic E-state index is -0.399. The highest BCUT2D eigenvalue weighted by molar-refractivity contribution is 5.86. The molecule has 0 radical (unpaired) electrons. The van der Waals surface area contributed by atoms with Crippen LogP contribution in [0.15, 0.2) is 24.3 Å². The average Bonchev–Trinajstić information content (AvgIpc) is 3.02. The standard InChI is InChI=1S/C20H28N2O3/c1-14-7-3-5-9-16(14)21-12-11-19(23)22-17-10-6-4-8-15(17)13-18(22)20(24)25-2/h3,5,7,9,15,17-18,21H,4,6,8,10-13H2,1-2H3/t15-,17+,18+/m1/s1. The fourth-order valence-corrected chi connectivity index (χ4v) is 4.37. The van der Waals surface area contributed by atoms with Crippen molar-refractivity contribution < 1.29 is 14.3 Å². The molecule has 2 fully saturated rings. The fraction of sp³-hybridized carbons (Fsp3) is 0.600. The van der Waals surface area contributed by atoms with E-state index in [9.17, 15) is 9.59 Å². The van der Waals surface area contributed by atoms with Gasteiger partial charge in [-0.15, -0.1) is 0 Å². The zero-order chi connectivity index (χ0) is 17.8. The lowest BCUT2D eigenvalue weighted by Gasteiger charge is -2.33. The van der Waals surface area contributed by atoms with Crippen molar-refractivity contribution in [2.45, 2.75) is 57.5 Å². The van der Waals surface area contributed by atoms with E-state index in [1.807, 2.05) is 36.1 Å². The van der Waals surface area contributed by atoms with Crippen LogP contribution < -0.4 is 5.32 Å². The predicted octanol–water partition coefficient (Wildman–Crippen LogP) is 3.13. The second-order valence-electron chi connectivity index (χ2n) is 7.18. The van der Waals surface area contributed by atoms with Crippen LogP contribution in [0.25, 0.3) is 0 Å². The molecule has 0 spiro atoms. The molecule has 1 aliphatic heterocycles. The normalized spacial score (nSPS) is 25.4. The number of anilines is 1. The Hall–Kier alpha value is -2.04. The Morgan fingerprint density at radius 2 is 2.00 bits per heavy atom. The third kappa shape index (κ3) is 3.80. The van der Waals surface area contributed by atoms with Crippen molar-refractivity contribution in [3.8, 4) is 0 Å². The molecule has 2 aliphatic rings. The van der Waals surface area contributed by atoms with Gasteiger partial charge in [-0.25, -0.2) is 4.79 Å². The second-order valence-corrected chi connectivity index (χ2v) is 7.18. The summed E-state index contributed by atoms with van der Waals surface area (Å²) in [6.45, 7) is 2.62. The first kappa shape index (κ1) is 17.8. The lowest BCUT2D eigenvalue weighted by atomic mass is 9.84. The number of nitrogens with one attached hydrogen (secondary N) is 1. The van der Waals surface area contributed by atoms with Crippen LogP contribution in [0.2, 0.25) is 0 Å². The Morgan fingerprint density at radius 1 is 1.24 bits per heavy atom. The lowest BCUT2D eigenvalue weighted by Crippen LogP contribution is -2.47. The maximum Gasteiger partial charge on any atom is 0.328 e. The van der Waals surface area contributed by atoms with E-state index in [4.69, 9.17) is 4.74 Å². The first-order valence-corrected chi connectivity index (χ1v) is 9.30. The van der Waals surface area contributed by atoms with Crippen molar-refractivity contribution in [1.82, 2.24) is 4.90 Å². The molecule has 1 saturated heterocycles.